The average molecular weight is 976 g/mol. The van der Waals surface area contributed by atoms with E-state index in [1.165, 1.54) is 12.1 Å². The molecule has 14 nitrogen and oxygen atoms in total. The molecule has 0 aliphatic carbocycles. The highest BCUT2D eigenvalue weighted by atomic mass is 16.4. The summed E-state index contributed by atoms with van der Waals surface area (Å²) in [6.45, 7) is 4.45. The molecule has 4 amide bonds. The monoisotopic (exact) mass is 976 g/mol. The number of nitrogens with zero attached hydrogens (tertiary/aromatic N) is 2. The predicted molar refractivity (Wildman–Crippen MR) is 279 cm³/mol. The van der Waals surface area contributed by atoms with Gasteiger partial charge in [-0.15, -0.1) is 0 Å². The minimum absolute atomic E-state index is 0.0133. The van der Waals surface area contributed by atoms with E-state index < -0.39 is 53.4 Å². The molecule has 0 saturated heterocycles. The van der Waals surface area contributed by atoms with Crippen molar-refractivity contribution >= 4 is 29.6 Å². The Hall–Kier alpha value is -7.58. The van der Waals surface area contributed by atoms with Gasteiger partial charge in [-0.25, -0.2) is 9.78 Å². The zero-order valence-corrected chi connectivity index (χ0v) is 41.3. The van der Waals surface area contributed by atoms with Crippen molar-refractivity contribution in [2.24, 2.45) is 5.73 Å². The summed E-state index contributed by atoms with van der Waals surface area (Å²) >= 11 is 0. The minimum Gasteiger partial charge on any atom is -0.508 e. The van der Waals surface area contributed by atoms with Crippen LogP contribution < -0.4 is 27.0 Å². The van der Waals surface area contributed by atoms with E-state index in [9.17, 15) is 34.2 Å². The number of hydrogen-bond donors (Lipinski definition) is 7. The summed E-state index contributed by atoms with van der Waals surface area (Å²) < 4.78 is 2.04. The predicted octanol–water partition coefficient (Wildman–Crippen LogP) is 7.28. The van der Waals surface area contributed by atoms with E-state index in [0.717, 1.165) is 54.4 Å². The van der Waals surface area contributed by atoms with Gasteiger partial charge in [-0.05, 0) is 72.6 Å². The molecule has 6 rings (SSSR count). The molecule has 14 heteroatoms. The number of phenols is 1. The van der Waals surface area contributed by atoms with Crippen molar-refractivity contribution in [3.63, 3.8) is 0 Å². The van der Waals surface area contributed by atoms with Crippen LogP contribution in [0.3, 0.4) is 0 Å². The molecule has 72 heavy (non-hydrogen) atoms. The van der Waals surface area contributed by atoms with Gasteiger partial charge in [0.1, 0.15) is 29.4 Å². The minimum atomic E-state index is -1.36. The molecule has 0 aliphatic rings. The lowest BCUT2D eigenvalue weighted by Crippen LogP contribution is -2.58. The molecule has 0 unspecified atom stereocenters. The standard InChI is InChI=1S/C58H69N7O7/c1-3-4-5-6-16-26-53(67)60-35-18-17-25-50(55(69)63-51(36-42-29-27-41(2)28-30-42)56(70)64-52(57(71)72)37-43-31-33-48(66)34-32-43)62-54(68)49(59)38-47-39-65(40-61-47)58(44-19-10-7-11-20-44,45-21-12-8-13-22-45)46-23-14-9-15-24-46/h7-15,19-24,27-34,39-40,49-52,66H,3-6,16-18,25-26,35-38,59H2,1-2H3,(H,60,67)(H,62,68)(H,63,69)(H,64,70)(H,71,72)/t49-,50-,51+,52-/m0/s1. The summed E-state index contributed by atoms with van der Waals surface area (Å²) in [6, 6.07) is 38.9. The van der Waals surface area contributed by atoms with Crippen LogP contribution in [0.5, 0.6) is 5.75 Å². The first kappa shape index (κ1) is 53.8. The van der Waals surface area contributed by atoms with Crippen LogP contribution in [0.4, 0.5) is 0 Å². The maximum Gasteiger partial charge on any atom is 0.326 e. The van der Waals surface area contributed by atoms with Crippen LogP contribution in [0.25, 0.3) is 0 Å². The Morgan fingerprint density at radius 1 is 0.611 bits per heavy atom. The number of aliphatic carboxylic acids is 1. The largest absolute Gasteiger partial charge is 0.508 e. The molecule has 378 valence electrons. The summed E-state index contributed by atoms with van der Waals surface area (Å²) in [5.41, 5.74) is 11.6. The first-order valence-electron chi connectivity index (χ1n) is 25.1. The summed E-state index contributed by atoms with van der Waals surface area (Å²) in [5, 5.41) is 31.2. The number of phenolic OH excluding ortho intramolecular Hbond substituents is 1. The molecule has 1 heterocycles. The van der Waals surface area contributed by atoms with Crippen molar-refractivity contribution in [2.75, 3.05) is 6.54 Å². The van der Waals surface area contributed by atoms with E-state index in [4.69, 9.17) is 10.7 Å². The Labute approximate surface area is 422 Å². The van der Waals surface area contributed by atoms with Crippen LogP contribution in [0.15, 0.2) is 152 Å². The summed E-state index contributed by atoms with van der Waals surface area (Å²) in [6.07, 6.45) is 10.3. The number of aromatic hydroxyl groups is 1. The van der Waals surface area contributed by atoms with Crippen molar-refractivity contribution in [1.82, 2.24) is 30.8 Å². The number of nitrogens with one attached hydrogen (secondary N) is 4. The highest BCUT2D eigenvalue weighted by Gasteiger charge is 2.39. The molecule has 0 radical (unpaired) electrons. The fraction of sp³-hybridized carbons (Fsp3) is 0.345. The van der Waals surface area contributed by atoms with Crippen LogP contribution >= 0.6 is 0 Å². The Morgan fingerprint density at radius 2 is 1.12 bits per heavy atom. The number of carboxylic acids is 1. The maximum absolute atomic E-state index is 14.5. The van der Waals surface area contributed by atoms with Gasteiger partial charge in [0.15, 0.2) is 0 Å². The van der Waals surface area contributed by atoms with Crippen LogP contribution in [0.1, 0.15) is 104 Å². The van der Waals surface area contributed by atoms with E-state index in [-0.39, 0.29) is 37.3 Å². The first-order chi connectivity index (χ1) is 34.9. The van der Waals surface area contributed by atoms with Crippen molar-refractivity contribution < 1.29 is 34.2 Å². The Kier molecular flexibility index (Phi) is 20.3. The Morgan fingerprint density at radius 3 is 1.69 bits per heavy atom. The molecule has 0 saturated carbocycles. The van der Waals surface area contributed by atoms with Gasteiger partial charge >= 0.3 is 5.97 Å². The molecular formula is C58H69N7O7. The summed E-state index contributed by atoms with van der Waals surface area (Å²) in [7, 11) is 0. The number of hydrogen-bond acceptors (Lipinski definition) is 8. The van der Waals surface area contributed by atoms with Crippen LogP contribution in [0.2, 0.25) is 0 Å². The summed E-state index contributed by atoms with van der Waals surface area (Å²) in [5.74, 6) is -3.31. The number of aryl methyl sites for hydroxylation is 1. The van der Waals surface area contributed by atoms with Gasteiger partial charge in [-0.3, -0.25) is 19.2 Å². The second-order valence-corrected chi connectivity index (χ2v) is 18.5. The molecule has 0 fully saturated rings. The van der Waals surface area contributed by atoms with E-state index in [0.29, 0.717) is 42.6 Å². The van der Waals surface area contributed by atoms with Gasteiger partial charge < -0.3 is 41.8 Å². The van der Waals surface area contributed by atoms with Gasteiger partial charge in [-0.1, -0.05) is 166 Å². The lowest BCUT2D eigenvalue weighted by atomic mass is 9.77. The topological polar surface area (TPSA) is 218 Å². The number of carbonyl (C=O) groups excluding carboxylic acids is 4. The Balaban J connectivity index is 1.21. The number of nitrogens with two attached hydrogens (primary N) is 1. The van der Waals surface area contributed by atoms with Gasteiger partial charge in [0.2, 0.25) is 23.6 Å². The lowest BCUT2D eigenvalue weighted by Gasteiger charge is -2.37. The molecule has 1 aromatic heterocycles. The van der Waals surface area contributed by atoms with Crippen molar-refractivity contribution in [3.05, 3.63) is 191 Å². The zero-order chi connectivity index (χ0) is 51.3. The fourth-order valence-corrected chi connectivity index (χ4v) is 8.96. The quantitative estimate of drug-likeness (QED) is 0.0194. The smallest absolute Gasteiger partial charge is 0.326 e. The number of benzene rings is 5. The molecule has 0 aliphatic heterocycles. The third kappa shape index (κ3) is 15.2. The highest BCUT2D eigenvalue weighted by molar-refractivity contribution is 5.94. The van der Waals surface area contributed by atoms with Crippen molar-refractivity contribution in [1.29, 1.82) is 0 Å². The fourth-order valence-electron chi connectivity index (χ4n) is 8.96. The second-order valence-electron chi connectivity index (χ2n) is 18.5. The van der Waals surface area contributed by atoms with Crippen LogP contribution in [0, 0.1) is 6.92 Å². The third-order valence-corrected chi connectivity index (χ3v) is 12.9. The molecular weight excluding hydrogens is 907 g/mol. The van der Waals surface area contributed by atoms with Crippen molar-refractivity contribution in [3.8, 4) is 5.75 Å². The van der Waals surface area contributed by atoms with E-state index in [1.54, 1.807) is 18.5 Å². The van der Waals surface area contributed by atoms with Crippen molar-refractivity contribution in [2.45, 2.75) is 121 Å². The number of aromatic nitrogens is 2. The first-order valence-corrected chi connectivity index (χ1v) is 25.1. The Bertz CT molecular complexity index is 2550. The zero-order valence-electron chi connectivity index (χ0n) is 41.3. The van der Waals surface area contributed by atoms with Gasteiger partial charge in [0.05, 0.1) is 18.1 Å². The second kappa shape index (κ2) is 27.1. The number of rotatable bonds is 28. The molecule has 8 N–H and O–H groups in total. The third-order valence-electron chi connectivity index (χ3n) is 12.9. The van der Waals surface area contributed by atoms with E-state index in [1.807, 2.05) is 96.6 Å². The number of carbonyl (C=O) groups is 5. The van der Waals surface area contributed by atoms with Crippen LogP contribution in [-0.4, -0.2) is 80.1 Å². The lowest BCUT2D eigenvalue weighted by molar-refractivity contribution is -0.142. The molecule has 0 spiro atoms. The SMILES string of the molecule is CCCCCCCC(=O)NCCCC[C@H](NC(=O)[C@@H](N)Cc1cn(C(c2ccccc2)(c2ccccc2)c2ccccc2)cn1)C(=O)N[C@H](Cc1ccc(C)cc1)C(=O)N[C@@H](Cc1ccc(O)cc1)C(=O)O. The summed E-state index contributed by atoms with van der Waals surface area (Å²) in [4.78, 5) is 72.6. The van der Waals surface area contributed by atoms with Crippen LogP contribution in [-0.2, 0) is 48.8 Å². The van der Waals surface area contributed by atoms with Gasteiger partial charge in [0, 0.05) is 38.4 Å². The molecule has 5 aromatic carbocycles. The van der Waals surface area contributed by atoms with Gasteiger partial charge in [-0.2, -0.15) is 0 Å². The van der Waals surface area contributed by atoms with Gasteiger partial charge in [0.25, 0.3) is 0 Å². The average Bonchev–Trinajstić information content (AvgIpc) is 3.85. The number of amides is 4. The van der Waals surface area contributed by atoms with E-state index in [2.05, 4.69) is 64.6 Å². The molecule has 0 bridgehead atoms. The molecule has 6 aromatic rings. The maximum atomic E-state index is 14.5. The normalized spacial score (nSPS) is 13.0. The number of unbranched alkanes of at least 4 members (excludes halogenated alkanes) is 5. The molecule has 4 atom stereocenters. The number of imidazole rings is 1. The number of carboxylic acid groups (broad SMARTS) is 1. The highest BCUT2D eigenvalue weighted by Crippen LogP contribution is 2.40. The van der Waals surface area contributed by atoms with E-state index >= 15 is 0 Å².